The van der Waals surface area contributed by atoms with Crippen LogP contribution in [0.3, 0.4) is 0 Å². The first-order valence-electron chi connectivity index (χ1n) is 3.21. The Bertz CT molecular complexity index is 87.8. The van der Waals surface area contributed by atoms with Gasteiger partial charge in [0.05, 0.1) is 6.10 Å². The van der Waals surface area contributed by atoms with Gasteiger partial charge in [0.25, 0.3) is 0 Å². The Hall–Kier alpha value is -0.220. The van der Waals surface area contributed by atoms with Crippen LogP contribution < -0.4 is 5.73 Å². The second kappa shape index (κ2) is 4.57. The maximum atomic E-state index is 11.6. The first kappa shape index (κ1) is 9.78. The molecule has 0 aliphatic heterocycles. The van der Waals surface area contributed by atoms with Crippen molar-refractivity contribution in [2.24, 2.45) is 11.7 Å². The molecule has 4 heteroatoms. The summed E-state index contributed by atoms with van der Waals surface area (Å²) in [4.78, 5) is 0. The number of nitrogens with two attached hydrogens (primary N) is 1. The standard InChI is InChI=1S/C6H13F2NO/c1-4(2)5(3-9)10-6(7)8/h4-6H,3,9H2,1-2H3. The molecule has 0 aliphatic rings. The van der Waals surface area contributed by atoms with Crippen LogP contribution in [0.4, 0.5) is 8.78 Å². The zero-order chi connectivity index (χ0) is 8.15. The lowest BCUT2D eigenvalue weighted by Crippen LogP contribution is -2.30. The van der Waals surface area contributed by atoms with E-state index in [4.69, 9.17) is 5.73 Å². The van der Waals surface area contributed by atoms with Crippen molar-refractivity contribution in [2.75, 3.05) is 6.54 Å². The summed E-state index contributed by atoms with van der Waals surface area (Å²) in [5, 5.41) is 0. The summed E-state index contributed by atoms with van der Waals surface area (Å²) in [5.74, 6) is 0.0407. The van der Waals surface area contributed by atoms with E-state index in [-0.39, 0.29) is 12.5 Å². The molecule has 0 saturated carbocycles. The Kier molecular flexibility index (Phi) is 4.47. The maximum Gasteiger partial charge on any atom is 0.345 e. The van der Waals surface area contributed by atoms with Gasteiger partial charge in [0.2, 0.25) is 0 Å². The average molecular weight is 153 g/mol. The van der Waals surface area contributed by atoms with Crippen molar-refractivity contribution in [3.8, 4) is 0 Å². The molecule has 0 rings (SSSR count). The molecule has 0 heterocycles. The number of halogens is 2. The molecule has 0 amide bonds. The van der Waals surface area contributed by atoms with Gasteiger partial charge in [0.1, 0.15) is 0 Å². The monoisotopic (exact) mass is 153 g/mol. The molecular formula is C6H13F2NO. The molecular weight excluding hydrogens is 140 g/mol. The highest BCUT2D eigenvalue weighted by atomic mass is 19.3. The molecule has 0 aromatic heterocycles. The van der Waals surface area contributed by atoms with E-state index in [9.17, 15) is 8.78 Å². The Labute approximate surface area is 59.3 Å². The largest absolute Gasteiger partial charge is 0.345 e. The molecule has 0 bridgehead atoms. The third-order valence-electron chi connectivity index (χ3n) is 1.25. The summed E-state index contributed by atoms with van der Waals surface area (Å²) in [6.07, 6.45) is -0.528. The summed E-state index contributed by atoms with van der Waals surface area (Å²) in [7, 11) is 0. The van der Waals surface area contributed by atoms with E-state index < -0.39 is 12.7 Å². The second-order valence-corrected chi connectivity index (χ2v) is 2.41. The van der Waals surface area contributed by atoms with E-state index in [2.05, 4.69) is 4.74 Å². The van der Waals surface area contributed by atoms with Gasteiger partial charge in [-0.2, -0.15) is 8.78 Å². The van der Waals surface area contributed by atoms with Gasteiger partial charge in [-0.3, -0.25) is 0 Å². The highest BCUT2D eigenvalue weighted by molar-refractivity contribution is 4.61. The lowest BCUT2D eigenvalue weighted by atomic mass is 10.1. The molecule has 62 valence electrons. The molecule has 2 nitrogen and oxygen atoms in total. The van der Waals surface area contributed by atoms with E-state index in [1.54, 1.807) is 13.8 Å². The van der Waals surface area contributed by atoms with Gasteiger partial charge in [-0.25, -0.2) is 0 Å². The van der Waals surface area contributed by atoms with Crippen LogP contribution in [0.15, 0.2) is 0 Å². The summed E-state index contributed by atoms with van der Waals surface area (Å²) in [6, 6.07) is 0. The van der Waals surface area contributed by atoms with Crippen molar-refractivity contribution in [3.05, 3.63) is 0 Å². The van der Waals surface area contributed by atoms with Crippen molar-refractivity contribution < 1.29 is 13.5 Å². The van der Waals surface area contributed by atoms with E-state index >= 15 is 0 Å². The third-order valence-corrected chi connectivity index (χ3v) is 1.25. The predicted molar refractivity (Wildman–Crippen MR) is 34.8 cm³/mol. The Balaban J connectivity index is 3.60. The van der Waals surface area contributed by atoms with Crippen LogP contribution in [-0.4, -0.2) is 19.3 Å². The zero-order valence-corrected chi connectivity index (χ0v) is 6.18. The van der Waals surface area contributed by atoms with Gasteiger partial charge >= 0.3 is 6.61 Å². The number of hydrogen-bond acceptors (Lipinski definition) is 2. The lowest BCUT2D eigenvalue weighted by molar-refractivity contribution is -0.170. The molecule has 10 heavy (non-hydrogen) atoms. The van der Waals surface area contributed by atoms with Crippen molar-refractivity contribution in [1.29, 1.82) is 0 Å². The lowest BCUT2D eigenvalue weighted by Gasteiger charge is -2.18. The fraction of sp³-hybridized carbons (Fsp3) is 1.00. The first-order chi connectivity index (χ1) is 4.57. The SMILES string of the molecule is CC(C)C(CN)OC(F)F. The molecule has 0 aliphatic carbocycles. The number of alkyl halides is 2. The van der Waals surface area contributed by atoms with Crippen LogP contribution in [0.1, 0.15) is 13.8 Å². The smallest absolute Gasteiger partial charge is 0.328 e. The van der Waals surface area contributed by atoms with Gasteiger partial charge in [0, 0.05) is 6.54 Å². The Morgan fingerprint density at radius 1 is 1.40 bits per heavy atom. The van der Waals surface area contributed by atoms with Crippen molar-refractivity contribution in [3.63, 3.8) is 0 Å². The number of rotatable bonds is 4. The van der Waals surface area contributed by atoms with E-state index in [0.29, 0.717) is 0 Å². The third kappa shape index (κ3) is 3.74. The first-order valence-corrected chi connectivity index (χ1v) is 3.21. The minimum absolute atomic E-state index is 0.0407. The fourth-order valence-corrected chi connectivity index (χ4v) is 0.617. The maximum absolute atomic E-state index is 11.6. The normalized spacial score (nSPS) is 14.7. The average Bonchev–Trinajstić information content (AvgIpc) is 1.81. The van der Waals surface area contributed by atoms with E-state index in [1.807, 2.05) is 0 Å². The minimum atomic E-state index is -2.71. The van der Waals surface area contributed by atoms with E-state index in [1.165, 1.54) is 0 Å². The highest BCUT2D eigenvalue weighted by Gasteiger charge is 2.16. The van der Waals surface area contributed by atoms with Crippen LogP contribution >= 0.6 is 0 Å². The summed E-state index contributed by atoms with van der Waals surface area (Å²) in [5.41, 5.74) is 5.16. The quantitative estimate of drug-likeness (QED) is 0.658. The van der Waals surface area contributed by atoms with Gasteiger partial charge in [-0.1, -0.05) is 13.8 Å². The van der Waals surface area contributed by atoms with Crippen molar-refractivity contribution >= 4 is 0 Å². The summed E-state index contributed by atoms with van der Waals surface area (Å²) in [6.45, 7) is 1.01. The molecule has 0 saturated heterocycles. The second-order valence-electron chi connectivity index (χ2n) is 2.41. The topological polar surface area (TPSA) is 35.2 Å². The summed E-state index contributed by atoms with van der Waals surface area (Å²) >= 11 is 0. The Morgan fingerprint density at radius 3 is 2.00 bits per heavy atom. The van der Waals surface area contributed by atoms with Crippen LogP contribution in [0.2, 0.25) is 0 Å². The fourth-order valence-electron chi connectivity index (χ4n) is 0.617. The molecule has 1 unspecified atom stereocenters. The number of ether oxygens (including phenoxy) is 1. The minimum Gasteiger partial charge on any atom is -0.328 e. The molecule has 1 atom stereocenters. The molecule has 0 spiro atoms. The van der Waals surface area contributed by atoms with Crippen LogP contribution in [0.5, 0.6) is 0 Å². The van der Waals surface area contributed by atoms with Gasteiger partial charge < -0.3 is 10.5 Å². The highest BCUT2D eigenvalue weighted by Crippen LogP contribution is 2.09. The molecule has 0 aromatic rings. The summed E-state index contributed by atoms with van der Waals surface area (Å²) < 4.78 is 27.3. The van der Waals surface area contributed by atoms with E-state index in [0.717, 1.165) is 0 Å². The molecule has 2 N–H and O–H groups in total. The molecule has 0 radical (unpaired) electrons. The van der Waals surface area contributed by atoms with Gasteiger partial charge in [0.15, 0.2) is 0 Å². The van der Waals surface area contributed by atoms with Crippen LogP contribution in [-0.2, 0) is 4.74 Å². The van der Waals surface area contributed by atoms with Gasteiger partial charge in [-0.15, -0.1) is 0 Å². The number of hydrogen-bond donors (Lipinski definition) is 1. The van der Waals surface area contributed by atoms with Crippen LogP contribution in [0, 0.1) is 5.92 Å². The zero-order valence-electron chi connectivity index (χ0n) is 6.18. The molecule has 0 fully saturated rings. The van der Waals surface area contributed by atoms with Gasteiger partial charge in [-0.05, 0) is 5.92 Å². The molecule has 0 aromatic carbocycles. The Morgan fingerprint density at radius 2 is 1.90 bits per heavy atom. The predicted octanol–water partition coefficient (Wildman–Crippen LogP) is 1.21. The van der Waals surface area contributed by atoms with Crippen molar-refractivity contribution in [2.45, 2.75) is 26.6 Å². The van der Waals surface area contributed by atoms with Crippen LogP contribution in [0.25, 0.3) is 0 Å². The van der Waals surface area contributed by atoms with Crippen molar-refractivity contribution in [1.82, 2.24) is 0 Å².